The minimum Gasteiger partial charge on any atom is -0.393 e. The molecule has 94 valence electrons. The maximum Gasteiger partial charge on any atom is 0.220 e. The Bertz CT molecular complexity index is 231. The molecule has 4 heteroatoms. The van der Waals surface area contributed by atoms with Gasteiger partial charge in [-0.05, 0) is 39.3 Å². The average molecular weight is 228 g/mol. The van der Waals surface area contributed by atoms with Gasteiger partial charge in [-0.25, -0.2) is 0 Å². The molecule has 0 aromatic heterocycles. The molecule has 1 aliphatic rings. The molecule has 0 saturated carbocycles. The van der Waals surface area contributed by atoms with Crippen molar-refractivity contribution in [1.29, 1.82) is 0 Å². The highest BCUT2D eigenvalue weighted by Gasteiger charge is 2.25. The molecule has 0 aliphatic carbocycles. The molecule has 3 unspecified atom stereocenters. The molecule has 1 heterocycles. The third-order valence-electron chi connectivity index (χ3n) is 3.24. The first-order chi connectivity index (χ1) is 7.49. The Kier molecular flexibility index (Phi) is 5.22. The van der Waals surface area contributed by atoms with Crippen LogP contribution in [0.4, 0.5) is 0 Å². The number of amides is 1. The molecule has 1 saturated heterocycles. The first kappa shape index (κ1) is 13.5. The first-order valence-electron chi connectivity index (χ1n) is 6.15. The van der Waals surface area contributed by atoms with E-state index in [1.165, 1.54) is 0 Å². The van der Waals surface area contributed by atoms with Gasteiger partial charge in [-0.2, -0.15) is 0 Å². The molecule has 0 bridgehead atoms. The number of aliphatic hydroxyl groups excluding tert-OH is 1. The maximum atomic E-state index is 11.6. The van der Waals surface area contributed by atoms with Crippen LogP contribution in [0.15, 0.2) is 0 Å². The second-order valence-electron chi connectivity index (χ2n) is 5.09. The summed E-state index contributed by atoms with van der Waals surface area (Å²) in [6.45, 7) is 5.98. The molecule has 1 rings (SSSR count). The van der Waals surface area contributed by atoms with Crippen molar-refractivity contribution in [2.24, 2.45) is 5.92 Å². The Labute approximate surface area is 98.0 Å². The molecule has 4 nitrogen and oxygen atoms in total. The summed E-state index contributed by atoms with van der Waals surface area (Å²) in [6, 6.07) is 0.303. The SMILES string of the molecule is CC(O)CCC(=O)NC1CCN(C)CC1C. The van der Waals surface area contributed by atoms with Crippen LogP contribution < -0.4 is 5.32 Å². The largest absolute Gasteiger partial charge is 0.393 e. The van der Waals surface area contributed by atoms with E-state index in [-0.39, 0.29) is 12.0 Å². The van der Waals surface area contributed by atoms with Gasteiger partial charge in [0.2, 0.25) is 5.91 Å². The Morgan fingerprint density at radius 1 is 1.62 bits per heavy atom. The van der Waals surface area contributed by atoms with Crippen LogP contribution in [0.25, 0.3) is 0 Å². The van der Waals surface area contributed by atoms with Crippen molar-refractivity contribution >= 4 is 5.91 Å². The summed E-state index contributed by atoms with van der Waals surface area (Å²) >= 11 is 0. The van der Waals surface area contributed by atoms with E-state index in [9.17, 15) is 4.79 Å². The minimum atomic E-state index is -0.388. The molecular weight excluding hydrogens is 204 g/mol. The lowest BCUT2D eigenvalue weighted by atomic mass is 9.94. The molecule has 16 heavy (non-hydrogen) atoms. The van der Waals surface area contributed by atoms with Gasteiger partial charge in [0.25, 0.3) is 0 Å². The van der Waals surface area contributed by atoms with Crippen molar-refractivity contribution in [2.75, 3.05) is 20.1 Å². The fourth-order valence-corrected chi connectivity index (χ4v) is 2.19. The maximum absolute atomic E-state index is 11.6. The molecule has 3 atom stereocenters. The fourth-order valence-electron chi connectivity index (χ4n) is 2.19. The molecule has 1 fully saturated rings. The zero-order valence-electron chi connectivity index (χ0n) is 10.6. The van der Waals surface area contributed by atoms with Gasteiger partial charge in [0, 0.05) is 19.0 Å². The highest BCUT2D eigenvalue weighted by atomic mass is 16.3. The molecule has 0 aromatic carbocycles. The number of hydrogen-bond acceptors (Lipinski definition) is 3. The number of likely N-dealkylation sites (tertiary alicyclic amines) is 1. The fraction of sp³-hybridized carbons (Fsp3) is 0.917. The van der Waals surface area contributed by atoms with Crippen LogP contribution in [0.3, 0.4) is 0 Å². The number of nitrogens with one attached hydrogen (secondary N) is 1. The number of rotatable bonds is 4. The summed E-state index contributed by atoms with van der Waals surface area (Å²) in [6.07, 6.45) is 1.61. The van der Waals surface area contributed by atoms with Crippen LogP contribution in [-0.4, -0.2) is 48.2 Å². The highest BCUT2D eigenvalue weighted by molar-refractivity contribution is 5.76. The Morgan fingerprint density at radius 3 is 2.88 bits per heavy atom. The van der Waals surface area contributed by atoms with E-state index in [1.807, 2.05) is 0 Å². The topological polar surface area (TPSA) is 52.6 Å². The zero-order chi connectivity index (χ0) is 12.1. The van der Waals surface area contributed by atoms with E-state index >= 15 is 0 Å². The van der Waals surface area contributed by atoms with Gasteiger partial charge in [0.1, 0.15) is 0 Å². The van der Waals surface area contributed by atoms with Crippen molar-refractivity contribution in [3.63, 3.8) is 0 Å². The van der Waals surface area contributed by atoms with Gasteiger partial charge in [-0.3, -0.25) is 4.79 Å². The lowest BCUT2D eigenvalue weighted by molar-refractivity contribution is -0.123. The van der Waals surface area contributed by atoms with E-state index in [0.29, 0.717) is 24.8 Å². The number of carbonyl (C=O) groups is 1. The summed E-state index contributed by atoms with van der Waals surface area (Å²) < 4.78 is 0. The summed E-state index contributed by atoms with van der Waals surface area (Å²) in [5, 5.41) is 12.2. The summed E-state index contributed by atoms with van der Waals surface area (Å²) in [7, 11) is 2.11. The smallest absolute Gasteiger partial charge is 0.220 e. The van der Waals surface area contributed by atoms with Gasteiger partial charge in [0.05, 0.1) is 6.10 Å². The van der Waals surface area contributed by atoms with Crippen molar-refractivity contribution in [3.8, 4) is 0 Å². The normalized spacial score (nSPS) is 28.8. The molecule has 0 radical (unpaired) electrons. The average Bonchev–Trinajstić information content (AvgIpc) is 2.19. The molecule has 1 amide bonds. The van der Waals surface area contributed by atoms with Crippen LogP contribution in [-0.2, 0) is 4.79 Å². The minimum absolute atomic E-state index is 0.0716. The monoisotopic (exact) mass is 228 g/mol. The van der Waals surface area contributed by atoms with Gasteiger partial charge in [0.15, 0.2) is 0 Å². The molecule has 1 aliphatic heterocycles. The number of carbonyl (C=O) groups excluding carboxylic acids is 1. The van der Waals surface area contributed by atoms with Crippen molar-refractivity contribution in [2.45, 2.75) is 45.3 Å². The van der Waals surface area contributed by atoms with E-state index in [2.05, 4.69) is 24.2 Å². The third kappa shape index (κ3) is 4.49. The van der Waals surface area contributed by atoms with Crippen LogP contribution in [0.2, 0.25) is 0 Å². The standard InChI is InChI=1S/C12H24N2O2/c1-9-8-14(3)7-6-11(9)13-12(16)5-4-10(2)15/h9-11,15H,4-8H2,1-3H3,(H,13,16). The van der Waals surface area contributed by atoms with E-state index in [1.54, 1.807) is 6.92 Å². The van der Waals surface area contributed by atoms with E-state index < -0.39 is 0 Å². The predicted molar refractivity (Wildman–Crippen MR) is 64.1 cm³/mol. The lowest BCUT2D eigenvalue weighted by Gasteiger charge is -2.35. The quantitative estimate of drug-likeness (QED) is 0.741. The van der Waals surface area contributed by atoms with Crippen LogP contribution in [0, 0.1) is 5.92 Å². The molecular formula is C12H24N2O2. The lowest BCUT2D eigenvalue weighted by Crippen LogP contribution is -2.48. The van der Waals surface area contributed by atoms with E-state index in [0.717, 1.165) is 19.5 Å². The van der Waals surface area contributed by atoms with Crippen molar-refractivity contribution < 1.29 is 9.90 Å². The number of nitrogens with zero attached hydrogens (tertiary/aromatic N) is 1. The molecule has 2 N–H and O–H groups in total. The number of piperidine rings is 1. The second-order valence-corrected chi connectivity index (χ2v) is 5.09. The van der Waals surface area contributed by atoms with Gasteiger partial charge >= 0.3 is 0 Å². The van der Waals surface area contributed by atoms with Gasteiger partial charge in [-0.1, -0.05) is 6.92 Å². The number of hydrogen-bond donors (Lipinski definition) is 2. The summed E-state index contributed by atoms with van der Waals surface area (Å²) in [5.74, 6) is 0.580. The van der Waals surface area contributed by atoms with Crippen molar-refractivity contribution in [1.82, 2.24) is 10.2 Å². The summed E-state index contributed by atoms with van der Waals surface area (Å²) in [4.78, 5) is 13.9. The number of aliphatic hydroxyl groups is 1. The third-order valence-corrected chi connectivity index (χ3v) is 3.24. The Balaban J connectivity index is 2.28. The van der Waals surface area contributed by atoms with E-state index in [4.69, 9.17) is 5.11 Å². The second kappa shape index (κ2) is 6.21. The van der Waals surface area contributed by atoms with Crippen LogP contribution in [0.5, 0.6) is 0 Å². The first-order valence-corrected chi connectivity index (χ1v) is 6.15. The zero-order valence-corrected chi connectivity index (χ0v) is 10.6. The Morgan fingerprint density at radius 2 is 2.31 bits per heavy atom. The van der Waals surface area contributed by atoms with Crippen LogP contribution in [0.1, 0.15) is 33.1 Å². The van der Waals surface area contributed by atoms with Crippen molar-refractivity contribution in [3.05, 3.63) is 0 Å². The predicted octanol–water partition coefficient (Wildman–Crippen LogP) is 0.604. The van der Waals surface area contributed by atoms with Gasteiger partial charge in [-0.15, -0.1) is 0 Å². The van der Waals surface area contributed by atoms with Gasteiger partial charge < -0.3 is 15.3 Å². The summed E-state index contributed by atoms with van der Waals surface area (Å²) in [5.41, 5.74) is 0. The highest BCUT2D eigenvalue weighted by Crippen LogP contribution is 2.15. The Hall–Kier alpha value is -0.610. The molecule has 0 spiro atoms. The van der Waals surface area contributed by atoms with Crippen LogP contribution >= 0.6 is 0 Å². The molecule has 0 aromatic rings.